The van der Waals surface area contributed by atoms with Gasteiger partial charge in [0.25, 0.3) is 5.91 Å². The molecule has 0 saturated heterocycles. The van der Waals surface area contributed by atoms with Gasteiger partial charge in [-0.3, -0.25) is 4.79 Å². The third-order valence-electron chi connectivity index (χ3n) is 3.03. The maximum atomic E-state index is 12.2. The Balaban J connectivity index is 2.04. The normalized spacial score (nSPS) is 12.0. The van der Waals surface area contributed by atoms with Gasteiger partial charge in [-0.05, 0) is 30.2 Å². The summed E-state index contributed by atoms with van der Waals surface area (Å²) in [5.74, 6) is 0.122. The Morgan fingerprint density at radius 2 is 1.76 bits per heavy atom. The first kappa shape index (κ1) is 16.2. The monoisotopic (exact) mass is 341 g/mol. The van der Waals surface area contributed by atoms with Gasteiger partial charge in [0, 0.05) is 17.5 Å². The van der Waals surface area contributed by atoms with Gasteiger partial charge in [0.15, 0.2) is 0 Å². The molecule has 2 aromatic carbocycles. The average Bonchev–Trinajstić information content (AvgIpc) is 2.50. The maximum absolute atomic E-state index is 12.2. The van der Waals surface area contributed by atoms with E-state index in [2.05, 4.69) is 5.32 Å². The molecule has 0 fully saturated rings. The van der Waals surface area contributed by atoms with Crippen LogP contribution < -0.4 is 5.32 Å². The number of amides is 1. The Kier molecular flexibility index (Phi) is 5.92. The quantitative estimate of drug-likeness (QED) is 0.792. The number of carbonyl (C=O) groups is 1. The summed E-state index contributed by atoms with van der Waals surface area (Å²) in [6.45, 7) is 0. The molecule has 0 aliphatic heterocycles. The zero-order valence-corrected chi connectivity index (χ0v) is 13.4. The number of hydrogen-bond donors (Lipinski definition) is 1. The van der Waals surface area contributed by atoms with Crippen LogP contribution in [0.25, 0.3) is 0 Å². The van der Waals surface area contributed by atoms with Gasteiger partial charge in [-0.15, -0.1) is 11.6 Å². The van der Waals surface area contributed by atoms with Crippen LogP contribution in [0.5, 0.6) is 0 Å². The van der Waals surface area contributed by atoms with Crippen molar-refractivity contribution in [2.24, 2.45) is 0 Å². The lowest BCUT2D eigenvalue weighted by Crippen LogP contribution is -2.37. The first-order valence-corrected chi connectivity index (χ1v) is 7.75. The van der Waals surface area contributed by atoms with Gasteiger partial charge >= 0.3 is 0 Å². The SMILES string of the molecule is O=C(NC(CCl)Cc1ccccc1)c1ccc(Cl)c(Cl)c1. The van der Waals surface area contributed by atoms with E-state index in [0.717, 1.165) is 5.56 Å². The molecule has 2 aromatic rings. The minimum Gasteiger partial charge on any atom is -0.348 e. The van der Waals surface area contributed by atoms with Crippen LogP contribution in [0.1, 0.15) is 15.9 Å². The molecule has 1 atom stereocenters. The summed E-state index contributed by atoms with van der Waals surface area (Å²) in [6, 6.07) is 14.5. The van der Waals surface area contributed by atoms with Crippen molar-refractivity contribution in [3.05, 3.63) is 69.7 Å². The van der Waals surface area contributed by atoms with E-state index in [1.54, 1.807) is 18.2 Å². The summed E-state index contributed by atoms with van der Waals surface area (Å²) in [7, 11) is 0. The summed E-state index contributed by atoms with van der Waals surface area (Å²) in [6.07, 6.45) is 0.678. The third kappa shape index (κ3) is 4.63. The van der Waals surface area contributed by atoms with E-state index in [0.29, 0.717) is 27.9 Å². The Morgan fingerprint density at radius 1 is 1.05 bits per heavy atom. The number of hydrogen-bond acceptors (Lipinski definition) is 1. The smallest absolute Gasteiger partial charge is 0.251 e. The number of benzene rings is 2. The lowest BCUT2D eigenvalue weighted by Gasteiger charge is -2.16. The highest BCUT2D eigenvalue weighted by Crippen LogP contribution is 2.22. The first-order chi connectivity index (χ1) is 10.1. The second-order valence-electron chi connectivity index (χ2n) is 4.64. The second kappa shape index (κ2) is 7.69. The van der Waals surface area contributed by atoms with Gasteiger partial charge in [0.05, 0.1) is 10.0 Å². The fourth-order valence-corrected chi connectivity index (χ4v) is 2.43. The maximum Gasteiger partial charge on any atom is 0.251 e. The van der Waals surface area contributed by atoms with E-state index in [1.165, 1.54) is 0 Å². The molecule has 0 heterocycles. The highest BCUT2D eigenvalue weighted by atomic mass is 35.5. The molecule has 2 nitrogen and oxygen atoms in total. The minimum absolute atomic E-state index is 0.143. The minimum atomic E-state index is -0.213. The van der Waals surface area contributed by atoms with Crippen LogP contribution in [0, 0.1) is 0 Å². The Labute approximate surface area is 139 Å². The number of alkyl halides is 1. The predicted octanol–water partition coefficient (Wildman–Crippen LogP) is 4.57. The lowest BCUT2D eigenvalue weighted by atomic mass is 10.1. The van der Waals surface area contributed by atoms with Crippen molar-refractivity contribution in [1.82, 2.24) is 5.32 Å². The van der Waals surface area contributed by atoms with Gasteiger partial charge in [-0.2, -0.15) is 0 Å². The molecule has 21 heavy (non-hydrogen) atoms. The summed E-state index contributed by atoms with van der Waals surface area (Å²) in [4.78, 5) is 12.2. The molecule has 1 amide bonds. The molecule has 0 radical (unpaired) electrons. The van der Waals surface area contributed by atoms with E-state index in [9.17, 15) is 4.79 Å². The number of nitrogens with one attached hydrogen (secondary N) is 1. The lowest BCUT2D eigenvalue weighted by molar-refractivity contribution is 0.0940. The largest absolute Gasteiger partial charge is 0.348 e. The molecular formula is C16H14Cl3NO. The first-order valence-electron chi connectivity index (χ1n) is 6.46. The van der Waals surface area contributed by atoms with Crippen LogP contribution in [0.2, 0.25) is 10.0 Å². The predicted molar refractivity (Wildman–Crippen MR) is 88.6 cm³/mol. The number of rotatable bonds is 5. The third-order valence-corrected chi connectivity index (χ3v) is 4.14. The zero-order chi connectivity index (χ0) is 15.2. The van der Waals surface area contributed by atoms with Gasteiger partial charge in [0.2, 0.25) is 0 Å². The Bertz CT molecular complexity index is 616. The van der Waals surface area contributed by atoms with Crippen molar-refractivity contribution < 1.29 is 4.79 Å². The van der Waals surface area contributed by atoms with Gasteiger partial charge in [-0.25, -0.2) is 0 Å². The van der Waals surface area contributed by atoms with E-state index in [4.69, 9.17) is 34.8 Å². The molecule has 5 heteroatoms. The summed E-state index contributed by atoms with van der Waals surface area (Å²) < 4.78 is 0. The molecule has 0 aliphatic rings. The molecule has 0 bridgehead atoms. The van der Waals surface area contributed by atoms with Crippen molar-refractivity contribution in [3.63, 3.8) is 0 Å². The number of halogens is 3. The van der Waals surface area contributed by atoms with Crippen LogP contribution in [0.4, 0.5) is 0 Å². The van der Waals surface area contributed by atoms with Crippen molar-refractivity contribution in [3.8, 4) is 0 Å². The van der Waals surface area contributed by atoms with Gasteiger partial charge in [-0.1, -0.05) is 53.5 Å². The summed E-state index contributed by atoms with van der Waals surface area (Å²) in [5, 5.41) is 3.68. The molecule has 0 saturated carbocycles. The molecule has 1 N–H and O–H groups in total. The van der Waals surface area contributed by atoms with E-state index in [-0.39, 0.29) is 11.9 Å². The fourth-order valence-electron chi connectivity index (χ4n) is 1.95. The molecule has 110 valence electrons. The second-order valence-corrected chi connectivity index (χ2v) is 5.77. The molecule has 1 unspecified atom stereocenters. The zero-order valence-electron chi connectivity index (χ0n) is 11.2. The topological polar surface area (TPSA) is 29.1 Å². The standard InChI is InChI=1S/C16H14Cl3NO/c17-10-13(8-11-4-2-1-3-5-11)20-16(21)12-6-7-14(18)15(19)9-12/h1-7,9,13H,8,10H2,(H,20,21). The Morgan fingerprint density at radius 3 is 2.38 bits per heavy atom. The molecule has 2 rings (SSSR count). The highest BCUT2D eigenvalue weighted by molar-refractivity contribution is 6.42. The van der Waals surface area contributed by atoms with E-state index in [1.807, 2.05) is 30.3 Å². The fraction of sp³-hybridized carbons (Fsp3) is 0.188. The molecule has 0 aliphatic carbocycles. The molecule has 0 spiro atoms. The van der Waals surface area contributed by atoms with Crippen molar-refractivity contribution in [2.45, 2.75) is 12.5 Å². The van der Waals surface area contributed by atoms with E-state index < -0.39 is 0 Å². The van der Waals surface area contributed by atoms with Crippen molar-refractivity contribution in [1.29, 1.82) is 0 Å². The van der Waals surface area contributed by atoms with Gasteiger partial charge < -0.3 is 5.32 Å². The summed E-state index contributed by atoms with van der Waals surface area (Å²) >= 11 is 17.7. The van der Waals surface area contributed by atoms with E-state index >= 15 is 0 Å². The average molecular weight is 343 g/mol. The van der Waals surface area contributed by atoms with Crippen LogP contribution in [0.15, 0.2) is 48.5 Å². The van der Waals surface area contributed by atoms with Crippen LogP contribution >= 0.6 is 34.8 Å². The van der Waals surface area contributed by atoms with Gasteiger partial charge in [0.1, 0.15) is 0 Å². The van der Waals surface area contributed by atoms with Crippen LogP contribution in [0.3, 0.4) is 0 Å². The molecule has 0 aromatic heterocycles. The van der Waals surface area contributed by atoms with Crippen LogP contribution in [-0.4, -0.2) is 17.8 Å². The number of carbonyl (C=O) groups excluding carboxylic acids is 1. The highest BCUT2D eigenvalue weighted by Gasteiger charge is 2.14. The molecular weight excluding hydrogens is 329 g/mol. The van der Waals surface area contributed by atoms with Crippen molar-refractivity contribution >= 4 is 40.7 Å². The van der Waals surface area contributed by atoms with Crippen molar-refractivity contribution in [2.75, 3.05) is 5.88 Å². The van der Waals surface area contributed by atoms with Crippen LogP contribution in [-0.2, 0) is 6.42 Å². The summed E-state index contributed by atoms with van der Waals surface area (Å²) in [5.41, 5.74) is 1.59. The Hall–Kier alpha value is -1.22.